The molecule has 14 nitrogen and oxygen atoms in total. The lowest BCUT2D eigenvalue weighted by molar-refractivity contribution is -0.141. The zero-order valence-electron chi connectivity index (χ0n) is 29.3. The molecule has 5 atom stereocenters. The number of benzene rings is 1. The van der Waals surface area contributed by atoms with E-state index in [0.29, 0.717) is 30.2 Å². The summed E-state index contributed by atoms with van der Waals surface area (Å²) in [6.07, 6.45) is 1.46. The maximum atomic E-state index is 14.3. The Labute approximate surface area is 287 Å². The molecule has 2 aromatic rings. The number of para-hydroxylation sites is 1. The number of likely N-dealkylation sites (tertiary alicyclic amines) is 1. The zero-order valence-corrected chi connectivity index (χ0v) is 30.1. The topological polar surface area (TPSA) is 186 Å². The molecule has 2 heterocycles. The molecule has 0 bridgehead atoms. The van der Waals surface area contributed by atoms with Crippen molar-refractivity contribution in [2.24, 2.45) is 11.3 Å². The predicted molar refractivity (Wildman–Crippen MR) is 182 cm³/mol. The fourth-order valence-electron chi connectivity index (χ4n) is 5.76. The van der Waals surface area contributed by atoms with E-state index in [-0.39, 0.29) is 25.3 Å². The summed E-state index contributed by atoms with van der Waals surface area (Å²) in [5.41, 5.74) is -0.746. The molecule has 0 spiro atoms. The Morgan fingerprint density at radius 1 is 1.10 bits per heavy atom. The molecule has 15 heteroatoms. The smallest absolute Gasteiger partial charge is 0.408 e. The van der Waals surface area contributed by atoms with Gasteiger partial charge in [-0.2, -0.15) is 0 Å². The Bertz CT molecular complexity index is 1660. The van der Waals surface area contributed by atoms with Crippen molar-refractivity contribution in [3.05, 3.63) is 36.9 Å². The summed E-state index contributed by atoms with van der Waals surface area (Å²) in [5, 5.41) is 9.39. The highest BCUT2D eigenvalue weighted by molar-refractivity contribution is 7.90. The van der Waals surface area contributed by atoms with Gasteiger partial charge in [-0.25, -0.2) is 13.2 Å². The number of fused-ring (bicyclic) bond motifs is 1. The number of carbonyl (C=O) groups is 4. The Balaban J connectivity index is 1.65. The van der Waals surface area contributed by atoms with Gasteiger partial charge in [0.1, 0.15) is 29.8 Å². The average Bonchev–Trinajstić information content (AvgIpc) is 3.67. The van der Waals surface area contributed by atoms with Gasteiger partial charge in [0.25, 0.3) is 11.8 Å². The van der Waals surface area contributed by atoms with E-state index in [4.69, 9.17) is 14.0 Å². The number of rotatable bonds is 13. The van der Waals surface area contributed by atoms with E-state index < -0.39 is 80.3 Å². The highest BCUT2D eigenvalue weighted by Crippen LogP contribution is 2.31. The maximum Gasteiger partial charge on any atom is 0.408 e. The number of nitrogens with one attached hydrogen (secondary N) is 3. The number of sulfonamides is 1. The van der Waals surface area contributed by atoms with Crippen LogP contribution in [-0.2, 0) is 29.1 Å². The van der Waals surface area contributed by atoms with Crippen LogP contribution in [0.3, 0.4) is 0 Å². The van der Waals surface area contributed by atoms with Gasteiger partial charge < -0.3 is 29.5 Å². The molecule has 270 valence electrons. The third kappa shape index (κ3) is 9.96. The third-order valence-corrected chi connectivity index (χ3v) is 10.1. The molecule has 1 saturated carbocycles. The molecule has 3 N–H and O–H groups in total. The number of nitrogens with zero attached hydrogens (tertiary/aromatic N) is 2. The fraction of sp³-hybridized carbons (Fsp3) is 0.618. The number of carbonyl (C=O) groups excluding carboxylic acids is 4. The van der Waals surface area contributed by atoms with E-state index in [9.17, 15) is 27.6 Å². The van der Waals surface area contributed by atoms with Crippen LogP contribution in [0.4, 0.5) is 4.79 Å². The maximum absolute atomic E-state index is 14.3. The molecular weight excluding hydrogens is 654 g/mol. The van der Waals surface area contributed by atoms with Gasteiger partial charge >= 0.3 is 6.09 Å². The van der Waals surface area contributed by atoms with Crippen LogP contribution in [-0.4, -0.2) is 83.9 Å². The quantitative estimate of drug-likeness (QED) is 0.259. The number of hydrogen-bond acceptors (Lipinski definition) is 10. The molecule has 1 aromatic heterocycles. The summed E-state index contributed by atoms with van der Waals surface area (Å²) in [6, 6.07) is 3.57. The van der Waals surface area contributed by atoms with Crippen LogP contribution >= 0.6 is 0 Å². The minimum absolute atomic E-state index is 0.00697. The van der Waals surface area contributed by atoms with Crippen LogP contribution in [0.15, 0.2) is 41.4 Å². The largest absolute Gasteiger partial charge is 0.470 e. The van der Waals surface area contributed by atoms with E-state index >= 15 is 0 Å². The van der Waals surface area contributed by atoms with Gasteiger partial charge in [-0.1, -0.05) is 45.9 Å². The normalized spacial score (nSPS) is 20.2. The standard InChI is InChI=1S/C34H49N5O9S/c1-9-20(10-2)27(29(41)38-49(44,45)22-15-16-22)36-28(40)25-17-21(46-30-23-13-11-12-14-26(23)48-37-30)19-39(25)31(42)24(18-33(3,4)5)35-32(43)47-34(6,7)8/h9,11-14,20-22,24-25,27H,1,10,15-19H2,2-8H3,(H,35,43)(H,36,40)(H,38,41)/t20?,21-,24?,25+,27-/m1/s1. The van der Waals surface area contributed by atoms with Crippen LogP contribution in [0.2, 0.25) is 0 Å². The van der Waals surface area contributed by atoms with Gasteiger partial charge in [-0.05, 0) is 69.2 Å². The van der Waals surface area contributed by atoms with E-state index in [2.05, 4.69) is 27.1 Å². The second-order valence-corrected chi connectivity index (χ2v) is 16.9. The first kappa shape index (κ1) is 37.7. The van der Waals surface area contributed by atoms with Crippen LogP contribution in [0.1, 0.15) is 80.6 Å². The van der Waals surface area contributed by atoms with E-state index in [1.165, 1.54) is 11.0 Å². The van der Waals surface area contributed by atoms with Crippen molar-refractivity contribution in [1.82, 2.24) is 25.4 Å². The van der Waals surface area contributed by atoms with E-state index in [1.807, 2.05) is 20.8 Å². The number of ether oxygens (including phenoxy) is 2. The molecule has 2 unspecified atom stereocenters. The van der Waals surface area contributed by atoms with Gasteiger partial charge in [-0.3, -0.25) is 19.1 Å². The molecule has 1 aliphatic heterocycles. The summed E-state index contributed by atoms with van der Waals surface area (Å²) >= 11 is 0. The van der Waals surface area contributed by atoms with Crippen molar-refractivity contribution < 1.29 is 41.6 Å². The monoisotopic (exact) mass is 703 g/mol. The van der Waals surface area contributed by atoms with Gasteiger partial charge in [0.05, 0.1) is 17.2 Å². The number of aromatic nitrogens is 1. The highest BCUT2D eigenvalue weighted by Gasteiger charge is 2.46. The average molecular weight is 704 g/mol. The zero-order chi connectivity index (χ0) is 36.3. The molecule has 4 amide bonds. The third-order valence-electron chi connectivity index (χ3n) is 8.27. The van der Waals surface area contributed by atoms with E-state index in [0.717, 1.165) is 0 Å². The second kappa shape index (κ2) is 14.8. The lowest BCUT2D eigenvalue weighted by atomic mass is 9.87. The van der Waals surface area contributed by atoms with Crippen LogP contribution < -0.4 is 20.1 Å². The lowest BCUT2D eigenvalue weighted by Crippen LogP contribution is -2.58. The highest BCUT2D eigenvalue weighted by atomic mass is 32.2. The minimum atomic E-state index is -3.91. The van der Waals surface area contributed by atoms with Crippen LogP contribution in [0.25, 0.3) is 11.0 Å². The molecule has 0 radical (unpaired) electrons. The summed E-state index contributed by atoms with van der Waals surface area (Å²) in [7, 11) is -3.91. The second-order valence-electron chi connectivity index (χ2n) is 14.9. The van der Waals surface area contributed by atoms with Gasteiger partial charge in [0.2, 0.25) is 21.8 Å². The molecule has 49 heavy (non-hydrogen) atoms. The SMILES string of the molecule is C=CC(CC)[C@@H](NC(=O)[C@@H]1C[C@@H](Oc2noc3ccccc23)CN1C(=O)C(CC(C)(C)C)NC(=O)OC(C)(C)C)C(=O)NS(=O)(=O)C1CC1. The van der Waals surface area contributed by atoms with Crippen molar-refractivity contribution in [2.45, 2.75) is 116 Å². The molecule has 4 rings (SSSR count). The molecule has 2 fully saturated rings. The molecule has 1 aromatic carbocycles. The van der Waals surface area contributed by atoms with E-state index in [1.54, 1.807) is 52.0 Å². The van der Waals surface area contributed by atoms with Gasteiger partial charge in [-0.15, -0.1) is 6.58 Å². The minimum Gasteiger partial charge on any atom is -0.470 e. The summed E-state index contributed by atoms with van der Waals surface area (Å²) in [4.78, 5) is 56.1. The first-order chi connectivity index (χ1) is 22.8. The van der Waals surface area contributed by atoms with Gasteiger partial charge in [0.15, 0.2) is 5.58 Å². The summed E-state index contributed by atoms with van der Waals surface area (Å²) < 4.78 is 44.4. The summed E-state index contributed by atoms with van der Waals surface area (Å²) in [5.74, 6) is -2.56. The first-order valence-electron chi connectivity index (χ1n) is 16.6. The lowest BCUT2D eigenvalue weighted by Gasteiger charge is -2.33. The Hall–Kier alpha value is -4.14. The molecular formula is C34H49N5O9S. The number of alkyl carbamates (subject to hydrolysis) is 1. The Morgan fingerprint density at radius 2 is 1.78 bits per heavy atom. The molecule has 1 saturated heterocycles. The predicted octanol–water partition coefficient (Wildman–Crippen LogP) is 3.81. The molecule has 1 aliphatic carbocycles. The summed E-state index contributed by atoms with van der Waals surface area (Å²) in [6.45, 7) is 16.4. The van der Waals surface area contributed by atoms with Crippen molar-refractivity contribution in [1.29, 1.82) is 0 Å². The van der Waals surface area contributed by atoms with Crippen LogP contribution in [0, 0.1) is 11.3 Å². The Morgan fingerprint density at radius 3 is 2.37 bits per heavy atom. The Kier molecular flexibility index (Phi) is 11.4. The van der Waals surface area contributed by atoms with Crippen molar-refractivity contribution in [3.8, 4) is 5.88 Å². The number of hydrogen-bond donors (Lipinski definition) is 3. The first-order valence-corrected chi connectivity index (χ1v) is 18.2. The van der Waals surface area contributed by atoms with Crippen molar-refractivity contribution >= 4 is 44.8 Å². The van der Waals surface area contributed by atoms with Crippen molar-refractivity contribution in [3.63, 3.8) is 0 Å². The van der Waals surface area contributed by atoms with Crippen LogP contribution in [0.5, 0.6) is 5.88 Å². The van der Waals surface area contributed by atoms with Gasteiger partial charge in [0, 0.05) is 12.3 Å². The van der Waals surface area contributed by atoms with Crippen molar-refractivity contribution in [2.75, 3.05) is 6.54 Å². The number of amides is 4. The molecule has 2 aliphatic rings. The fourth-order valence-corrected chi connectivity index (χ4v) is 7.09.